The van der Waals surface area contributed by atoms with Gasteiger partial charge in [-0.15, -0.1) is 0 Å². The lowest BCUT2D eigenvalue weighted by Crippen LogP contribution is -2.28. The molecule has 0 saturated heterocycles. The summed E-state index contributed by atoms with van der Waals surface area (Å²) in [6.07, 6.45) is 1.55. The molecule has 0 aliphatic carbocycles. The van der Waals surface area contributed by atoms with Gasteiger partial charge in [0.05, 0.1) is 11.5 Å². The maximum absolute atomic E-state index is 13.0. The molecule has 3 rings (SSSR count). The van der Waals surface area contributed by atoms with Crippen molar-refractivity contribution in [2.75, 3.05) is 37.4 Å². The highest BCUT2D eigenvalue weighted by Crippen LogP contribution is 2.45. The van der Waals surface area contributed by atoms with Gasteiger partial charge < -0.3 is 24.8 Å². The first-order chi connectivity index (χ1) is 15.0. The van der Waals surface area contributed by atoms with Crippen molar-refractivity contribution < 1.29 is 21.6 Å². The molecule has 0 fully saturated rings. The summed E-state index contributed by atoms with van der Waals surface area (Å²) in [5, 5.41) is 15.3. The van der Waals surface area contributed by atoms with E-state index in [0.717, 1.165) is 18.5 Å². The van der Waals surface area contributed by atoms with Gasteiger partial charge in [0.25, 0.3) is 0 Å². The topological polar surface area (TPSA) is 107 Å². The molecular formula is C19H24F3N7O2S-2. The lowest BCUT2D eigenvalue weighted by molar-refractivity contribution is -0.0425. The van der Waals surface area contributed by atoms with Gasteiger partial charge in [-0.1, -0.05) is 25.8 Å². The predicted molar refractivity (Wildman–Crippen MR) is 119 cm³/mol. The minimum atomic E-state index is -5.75. The van der Waals surface area contributed by atoms with Crippen molar-refractivity contribution >= 4 is 44.4 Å². The smallest absolute Gasteiger partial charge is 0.483 e. The number of benzene rings is 1. The van der Waals surface area contributed by atoms with Crippen molar-refractivity contribution in [3.8, 4) is 0 Å². The van der Waals surface area contributed by atoms with Gasteiger partial charge >= 0.3 is 5.51 Å². The minimum Gasteiger partial charge on any atom is -0.568 e. The zero-order valence-corrected chi connectivity index (χ0v) is 18.9. The number of nitrogens with one attached hydrogen (secondary N) is 1. The van der Waals surface area contributed by atoms with Gasteiger partial charge in [0.1, 0.15) is 0 Å². The van der Waals surface area contributed by atoms with Crippen LogP contribution in [0.1, 0.15) is 18.9 Å². The van der Waals surface area contributed by atoms with Crippen molar-refractivity contribution in [3.05, 3.63) is 33.8 Å². The molecule has 1 aliphatic heterocycles. The second-order valence-corrected chi connectivity index (χ2v) is 8.73. The van der Waals surface area contributed by atoms with Crippen LogP contribution in [0.5, 0.6) is 0 Å². The highest BCUT2D eigenvalue weighted by atomic mass is 32.2. The number of aromatic nitrogens is 1. The van der Waals surface area contributed by atoms with Crippen LogP contribution in [0.3, 0.4) is 0 Å². The van der Waals surface area contributed by atoms with E-state index in [2.05, 4.69) is 25.6 Å². The van der Waals surface area contributed by atoms with Gasteiger partial charge in [-0.2, -0.15) is 23.4 Å². The van der Waals surface area contributed by atoms with Crippen LogP contribution in [0, 0.1) is 0 Å². The van der Waals surface area contributed by atoms with E-state index in [1.54, 1.807) is 37.8 Å². The summed E-state index contributed by atoms with van der Waals surface area (Å²) in [5.41, 5.74) is -3.79. The van der Waals surface area contributed by atoms with Crippen LogP contribution < -0.4 is 10.2 Å². The van der Waals surface area contributed by atoms with Crippen molar-refractivity contribution in [2.24, 2.45) is 17.3 Å². The van der Waals surface area contributed by atoms with Gasteiger partial charge in [0.2, 0.25) is 0 Å². The number of halogens is 3. The fourth-order valence-electron chi connectivity index (χ4n) is 3.58. The molecule has 1 aromatic heterocycles. The summed E-state index contributed by atoms with van der Waals surface area (Å²) in [4.78, 5) is 1.96. The van der Waals surface area contributed by atoms with Gasteiger partial charge in [-0.25, -0.2) is 8.42 Å². The van der Waals surface area contributed by atoms with E-state index in [1.165, 1.54) is 6.07 Å². The number of azo groups is 1. The number of sulfonamides is 1. The van der Waals surface area contributed by atoms with Crippen LogP contribution >= 0.6 is 0 Å². The first kappa shape index (κ1) is 23.7. The number of hydrogen-bond acceptors (Lipinski definition) is 6. The Labute approximate surface area is 184 Å². The van der Waals surface area contributed by atoms with Gasteiger partial charge in [0.15, 0.2) is 10.0 Å². The predicted octanol–water partition coefficient (Wildman–Crippen LogP) is 5.74. The summed E-state index contributed by atoms with van der Waals surface area (Å²) in [5.74, 6) is 0.988. The Balaban J connectivity index is 2.10. The molecule has 2 heterocycles. The Morgan fingerprint density at radius 3 is 2.50 bits per heavy atom. The molecule has 0 amide bonds. The second-order valence-electron chi connectivity index (χ2n) is 7.14. The molecule has 0 atom stereocenters. The number of nitrogens with zero attached hydrogens (tertiary/aromatic N) is 6. The van der Waals surface area contributed by atoms with Gasteiger partial charge in [0, 0.05) is 31.5 Å². The van der Waals surface area contributed by atoms with Crippen molar-refractivity contribution in [2.45, 2.75) is 25.3 Å². The van der Waals surface area contributed by atoms with Crippen LogP contribution in [0.25, 0.3) is 10.0 Å². The Morgan fingerprint density at radius 1 is 1.22 bits per heavy atom. The largest absolute Gasteiger partial charge is 0.568 e. The molecule has 0 radical (unpaired) electrons. The number of anilines is 2. The Bertz CT molecular complexity index is 1130. The van der Waals surface area contributed by atoms with Crippen LogP contribution in [0.15, 0.2) is 28.4 Å². The number of alkyl halides is 3. The van der Waals surface area contributed by atoms with Crippen molar-refractivity contribution in [3.63, 3.8) is 0 Å². The molecule has 1 aliphatic rings. The van der Waals surface area contributed by atoms with Crippen LogP contribution in [0.4, 0.5) is 47.6 Å². The lowest BCUT2D eigenvalue weighted by atomic mass is 10.0. The Hall–Kier alpha value is -2.96. The first-order valence-corrected chi connectivity index (χ1v) is 11.3. The molecule has 0 spiro atoms. The van der Waals surface area contributed by atoms with Crippen molar-refractivity contribution in [1.82, 2.24) is 4.57 Å². The second kappa shape index (κ2) is 8.88. The van der Waals surface area contributed by atoms with E-state index < -0.39 is 21.2 Å². The standard InChI is InChI=1S/C19H24F3N7O2S/c1-5-29-8-6-7-12-9-13(14(10-16(12)29)27-32(30,31)19(20,21)22)25-26-17-11-15(23-2)18(24-3)28(17)4/h9-11,23H,5-8H2,1-4H3/q-2. The normalized spacial score (nSPS) is 14.5. The zero-order chi connectivity index (χ0) is 23.7. The summed E-state index contributed by atoms with van der Waals surface area (Å²) in [6, 6.07) is 4.57. The highest BCUT2D eigenvalue weighted by Gasteiger charge is 2.39. The zero-order valence-electron chi connectivity index (χ0n) is 18.1. The number of fused-ring (bicyclic) bond motifs is 1. The van der Waals surface area contributed by atoms with E-state index in [9.17, 15) is 21.6 Å². The maximum Gasteiger partial charge on any atom is 0.483 e. The molecule has 0 saturated carbocycles. The average Bonchev–Trinajstić information content (AvgIpc) is 3.05. The first-order valence-electron chi connectivity index (χ1n) is 9.87. The molecular weight excluding hydrogens is 447 g/mol. The minimum absolute atomic E-state index is 0.0586. The van der Waals surface area contributed by atoms with E-state index >= 15 is 0 Å². The highest BCUT2D eigenvalue weighted by molar-refractivity contribution is 7.95. The summed E-state index contributed by atoms with van der Waals surface area (Å²) in [7, 11) is -0.715. The third-order valence-electron chi connectivity index (χ3n) is 5.20. The third kappa shape index (κ3) is 4.47. The van der Waals surface area contributed by atoms with Gasteiger partial charge in [-0.05, 0) is 43.3 Å². The van der Waals surface area contributed by atoms with Crippen LogP contribution in [0.2, 0.25) is 0 Å². The SMILES string of the molecule is CCN1CCCc2cc(N=Nc3cc(NC)c([N-]C)n3C)c([N-]S(=O)(=O)C(F)(F)F)cc21. The monoisotopic (exact) mass is 471 g/mol. The molecule has 1 N–H and O–H groups in total. The fourth-order valence-corrected chi connectivity index (χ4v) is 4.09. The lowest BCUT2D eigenvalue weighted by Gasteiger charge is -2.33. The molecule has 32 heavy (non-hydrogen) atoms. The van der Waals surface area contributed by atoms with E-state index in [-0.39, 0.29) is 5.69 Å². The average molecular weight is 472 g/mol. The molecule has 1 aromatic carbocycles. The van der Waals surface area contributed by atoms with E-state index in [1.807, 2.05) is 11.8 Å². The third-order valence-corrected chi connectivity index (χ3v) is 6.22. The molecule has 0 unspecified atom stereocenters. The summed E-state index contributed by atoms with van der Waals surface area (Å²) < 4.78 is 67.2. The summed E-state index contributed by atoms with van der Waals surface area (Å²) >= 11 is 0. The van der Waals surface area contributed by atoms with Gasteiger partial charge in [-0.3, -0.25) is 0 Å². The number of hydrogen-bond donors (Lipinski definition) is 1. The van der Waals surface area contributed by atoms with Crippen LogP contribution in [-0.2, 0) is 23.5 Å². The number of rotatable bonds is 7. The van der Waals surface area contributed by atoms with E-state index in [4.69, 9.17) is 0 Å². The van der Waals surface area contributed by atoms with E-state index in [0.29, 0.717) is 36.0 Å². The maximum atomic E-state index is 13.0. The van der Waals surface area contributed by atoms with Crippen molar-refractivity contribution in [1.29, 1.82) is 0 Å². The molecule has 0 bridgehead atoms. The Morgan fingerprint density at radius 2 is 1.94 bits per heavy atom. The molecule has 9 nitrogen and oxygen atoms in total. The Kier molecular flexibility index (Phi) is 6.58. The molecule has 2 aromatic rings. The fraction of sp³-hybridized carbons (Fsp3) is 0.474. The molecule has 176 valence electrons. The number of aryl methyl sites for hydroxylation is 1. The quantitative estimate of drug-likeness (QED) is 0.519. The molecule has 13 heteroatoms. The van der Waals surface area contributed by atoms with Crippen LogP contribution in [-0.4, -0.2) is 45.7 Å². The summed E-state index contributed by atoms with van der Waals surface area (Å²) in [6.45, 7) is 3.26.